The van der Waals surface area contributed by atoms with E-state index in [1.807, 2.05) is 0 Å². The third-order valence-corrected chi connectivity index (χ3v) is 1.67. The molecule has 3 N–H and O–H groups in total. The van der Waals surface area contributed by atoms with Crippen LogP contribution in [0.4, 0.5) is 0 Å². The first-order valence-electron chi connectivity index (χ1n) is 4.16. The number of hydrogen-bond donors (Lipinski definition) is 3. The number of aromatic amines is 2. The van der Waals surface area contributed by atoms with Gasteiger partial charge in [0, 0.05) is 18.4 Å². The summed E-state index contributed by atoms with van der Waals surface area (Å²) in [4.78, 5) is 26.2. The van der Waals surface area contributed by atoms with Gasteiger partial charge in [-0.25, -0.2) is 4.79 Å². The Hall–Kier alpha value is -1.36. The van der Waals surface area contributed by atoms with Crippen LogP contribution in [-0.2, 0) is 6.42 Å². The van der Waals surface area contributed by atoms with Crippen molar-refractivity contribution in [1.29, 1.82) is 0 Å². The Balaban J connectivity index is 2.67. The molecular formula is C8H12N2O3. The fourth-order valence-electron chi connectivity index (χ4n) is 1.08. The SMILES string of the molecule is O=c1cc(CCCCO)[nH]c(=O)[nH]1. The van der Waals surface area contributed by atoms with Crippen LogP contribution in [0.2, 0.25) is 0 Å². The minimum absolute atomic E-state index is 0.132. The van der Waals surface area contributed by atoms with Gasteiger partial charge in [0.25, 0.3) is 5.56 Å². The van der Waals surface area contributed by atoms with Gasteiger partial charge in [-0.05, 0) is 19.3 Å². The van der Waals surface area contributed by atoms with Crippen molar-refractivity contribution in [2.75, 3.05) is 6.61 Å². The highest BCUT2D eigenvalue weighted by Crippen LogP contribution is 1.96. The van der Waals surface area contributed by atoms with Gasteiger partial charge in [0.1, 0.15) is 0 Å². The molecule has 13 heavy (non-hydrogen) atoms. The van der Waals surface area contributed by atoms with Crippen LogP contribution in [-0.4, -0.2) is 21.7 Å². The molecule has 1 rings (SSSR count). The van der Waals surface area contributed by atoms with Crippen molar-refractivity contribution >= 4 is 0 Å². The summed E-state index contributed by atoms with van der Waals surface area (Å²) in [6.07, 6.45) is 2.05. The van der Waals surface area contributed by atoms with Crippen LogP contribution < -0.4 is 11.2 Å². The van der Waals surface area contributed by atoms with Crippen LogP contribution in [0.15, 0.2) is 15.7 Å². The molecule has 0 radical (unpaired) electrons. The van der Waals surface area contributed by atoms with Crippen molar-refractivity contribution in [3.8, 4) is 0 Å². The van der Waals surface area contributed by atoms with Crippen LogP contribution in [0.1, 0.15) is 18.5 Å². The van der Waals surface area contributed by atoms with E-state index in [1.54, 1.807) is 0 Å². The van der Waals surface area contributed by atoms with Gasteiger partial charge in [-0.1, -0.05) is 0 Å². The van der Waals surface area contributed by atoms with E-state index in [0.717, 1.165) is 6.42 Å². The highest BCUT2D eigenvalue weighted by atomic mass is 16.2. The molecule has 72 valence electrons. The molecule has 0 aromatic carbocycles. The first kappa shape index (κ1) is 9.73. The molecular weight excluding hydrogens is 172 g/mol. The maximum atomic E-state index is 10.8. The Morgan fingerprint density at radius 3 is 2.62 bits per heavy atom. The number of hydrogen-bond acceptors (Lipinski definition) is 3. The van der Waals surface area contributed by atoms with Crippen molar-refractivity contribution < 1.29 is 5.11 Å². The van der Waals surface area contributed by atoms with Gasteiger partial charge in [-0.3, -0.25) is 9.78 Å². The van der Waals surface area contributed by atoms with E-state index in [1.165, 1.54) is 6.07 Å². The van der Waals surface area contributed by atoms with E-state index in [0.29, 0.717) is 18.5 Å². The lowest BCUT2D eigenvalue weighted by Gasteiger charge is -1.97. The molecule has 1 aromatic rings. The Morgan fingerprint density at radius 2 is 2.00 bits per heavy atom. The fourth-order valence-corrected chi connectivity index (χ4v) is 1.08. The number of aryl methyl sites for hydroxylation is 1. The third-order valence-electron chi connectivity index (χ3n) is 1.67. The van der Waals surface area contributed by atoms with Gasteiger partial charge in [-0.2, -0.15) is 0 Å². The summed E-state index contributed by atoms with van der Waals surface area (Å²) >= 11 is 0. The molecule has 0 aliphatic carbocycles. The second-order valence-corrected chi connectivity index (χ2v) is 2.79. The predicted octanol–water partition coefficient (Wildman–Crippen LogP) is -0.622. The minimum Gasteiger partial charge on any atom is -0.396 e. The van der Waals surface area contributed by atoms with Crippen molar-refractivity contribution in [1.82, 2.24) is 9.97 Å². The van der Waals surface area contributed by atoms with Crippen LogP contribution in [0.25, 0.3) is 0 Å². The molecule has 0 amide bonds. The van der Waals surface area contributed by atoms with Crippen LogP contribution >= 0.6 is 0 Å². The Labute approximate surface area is 74.4 Å². The van der Waals surface area contributed by atoms with Gasteiger partial charge >= 0.3 is 5.69 Å². The van der Waals surface area contributed by atoms with Gasteiger partial charge in [-0.15, -0.1) is 0 Å². The molecule has 5 heteroatoms. The molecule has 1 aromatic heterocycles. The zero-order valence-corrected chi connectivity index (χ0v) is 7.17. The van der Waals surface area contributed by atoms with Crippen molar-refractivity contribution in [2.45, 2.75) is 19.3 Å². The molecule has 1 heterocycles. The van der Waals surface area contributed by atoms with Crippen molar-refractivity contribution in [3.63, 3.8) is 0 Å². The molecule has 0 fully saturated rings. The smallest absolute Gasteiger partial charge is 0.325 e. The van der Waals surface area contributed by atoms with Crippen LogP contribution in [0.5, 0.6) is 0 Å². The van der Waals surface area contributed by atoms with Crippen LogP contribution in [0.3, 0.4) is 0 Å². The second-order valence-electron chi connectivity index (χ2n) is 2.79. The lowest BCUT2D eigenvalue weighted by molar-refractivity contribution is 0.284. The van der Waals surface area contributed by atoms with E-state index >= 15 is 0 Å². The summed E-state index contributed by atoms with van der Waals surface area (Å²) < 4.78 is 0. The van der Waals surface area contributed by atoms with E-state index in [2.05, 4.69) is 9.97 Å². The van der Waals surface area contributed by atoms with E-state index < -0.39 is 5.69 Å². The molecule has 0 saturated carbocycles. The average molecular weight is 184 g/mol. The summed E-state index contributed by atoms with van der Waals surface area (Å²) in [6.45, 7) is 0.132. The average Bonchev–Trinajstić information content (AvgIpc) is 2.03. The molecule has 0 aliphatic rings. The second kappa shape index (κ2) is 4.61. The lowest BCUT2D eigenvalue weighted by atomic mass is 10.2. The maximum Gasteiger partial charge on any atom is 0.325 e. The van der Waals surface area contributed by atoms with Gasteiger partial charge in [0.05, 0.1) is 0 Å². The molecule has 0 saturated heterocycles. The van der Waals surface area contributed by atoms with Gasteiger partial charge < -0.3 is 10.1 Å². The molecule has 0 bridgehead atoms. The van der Waals surface area contributed by atoms with Crippen molar-refractivity contribution in [2.24, 2.45) is 0 Å². The monoisotopic (exact) mass is 184 g/mol. The number of nitrogens with one attached hydrogen (secondary N) is 2. The number of aliphatic hydroxyl groups excluding tert-OH is 1. The number of H-pyrrole nitrogens is 2. The zero-order valence-electron chi connectivity index (χ0n) is 7.17. The highest BCUT2D eigenvalue weighted by molar-refractivity contribution is 4.98. The topological polar surface area (TPSA) is 85.9 Å². The number of aliphatic hydroxyl groups is 1. The Morgan fingerprint density at radius 1 is 1.23 bits per heavy atom. The fraction of sp³-hybridized carbons (Fsp3) is 0.500. The van der Waals surface area contributed by atoms with Crippen molar-refractivity contribution in [3.05, 3.63) is 32.6 Å². The Kier molecular flexibility index (Phi) is 3.45. The van der Waals surface area contributed by atoms with Gasteiger partial charge in [0.15, 0.2) is 0 Å². The molecule has 0 aliphatic heterocycles. The van der Waals surface area contributed by atoms with E-state index in [-0.39, 0.29) is 12.2 Å². The number of unbranched alkanes of at least 4 members (excludes halogenated alkanes) is 1. The zero-order chi connectivity index (χ0) is 9.68. The molecule has 5 nitrogen and oxygen atoms in total. The van der Waals surface area contributed by atoms with E-state index in [4.69, 9.17) is 5.11 Å². The normalized spacial score (nSPS) is 10.2. The third kappa shape index (κ3) is 3.25. The predicted molar refractivity (Wildman–Crippen MR) is 47.7 cm³/mol. The molecule has 0 spiro atoms. The highest BCUT2D eigenvalue weighted by Gasteiger charge is 1.95. The lowest BCUT2D eigenvalue weighted by Crippen LogP contribution is -2.22. The quantitative estimate of drug-likeness (QED) is 0.545. The summed E-state index contributed by atoms with van der Waals surface area (Å²) in [5.41, 5.74) is -0.253. The molecule has 0 atom stereocenters. The molecule has 0 unspecified atom stereocenters. The first-order chi connectivity index (χ1) is 6.22. The summed E-state index contributed by atoms with van der Waals surface area (Å²) in [5, 5.41) is 8.51. The summed E-state index contributed by atoms with van der Waals surface area (Å²) in [5.74, 6) is 0. The Bertz CT molecular complexity index is 338. The minimum atomic E-state index is -0.480. The first-order valence-corrected chi connectivity index (χ1v) is 4.16. The largest absolute Gasteiger partial charge is 0.396 e. The summed E-state index contributed by atoms with van der Waals surface area (Å²) in [6, 6.07) is 1.36. The van der Waals surface area contributed by atoms with Crippen LogP contribution in [0, 0.1) is 0 Å². The van der Waals surface area contributed by atoms with E-state index in [9.17, 15) is 9.59 Å². The maximum absolute atomic E-state index is 10.8. The van der Waals surface area contributed by atoms with Gasteiger partial charge in [0.2, 0.25) is 0 Å². The summed E-state index contributed by atoms with van der Waals surface area (Å²) in [7, 11) is 0. The number of rotatable bonds is 4. The number of aromatic nitrogens is 2. The standard InChI is InChI=1S/C8H12N2O3/c11-4-2-1-3-6-5-7(12)10-8(13)9-6/h5,11H,1-4H2,(H2,9,10,12,13).